The number of amides is 2. The molecule has 0 saturated heterocycles. The zero-order valence-corrected chi connectivity index (χ0v) is 8.96. The maximum absolute atomic E-state index is 11.0. The highest BCUT2D eigenvalue weighted by atomic mass is 16.5. The first-order valence-corrected chi connectivity index (χ1v) is 4.49. The lowest BCUT2D eigenvalue weighted by atomic mass is 10.6. The van der Waals surface area contributed by atoms with E-state index in [2.05, 4.69) is 16.2 Å². The number of carbonyl (C=O) groups is 2. The summed E-state index contributed by atoms with van der Waals surface area (Å²) < 4.78 is 9.67. The number of likely N-dealkylation sites (N-methyl/N-ethyl adjacent to an activating group) is 1. The van der Waals surface area contributed by atoms with Crippen molar-refractivity contribution in [1.82, 2.24) is 16.2 Å². The summed E-state index contributed by atoms with van der Waals surface area (Å²) in [6, 6.07) is 0. The summed E-state index contributed by atoms with van der Waals surface area (Å²) in [5.41, 5.74) is 4.76. The minimum atomic E-state index is -0.338. The second-order valence-corrected chi connectivity index (χ2v) is 2.62. The van der Waals surface area contributed by atoms with E-state index < -0.39 is 0 Å². The van der Waals surface area contributed by atoms with Gasteiger partial charge in [0.05, 0.1) is 19.8 Å². The lowest BCUT2D eigenvalue weighted by Gasteiger charge is -2.06. The van der Waals surface area contributed by atoms with Crippen LogP contribution >= 0.6 is 0 Å². The number of methoxy groups -OCH3 is 1. The number of hydrazine groups is 1. The molecule has 0 rings (SSSR count). The van der Waals surface area contributed by atoms with Crippen molar-refractivity contribution in [2.45, 2.75) is 0 Å². The maximum Gasteiger partial charge on any atom is 0.260 e. The zero-order chi connectivity index (χ0) is 11.5. The lowest BCUT2D eigenvalue weighted by molar-refractivity contribution is -0.127. The second-order valence-electron chi connectivity index (χ2n) is 2.62. The highest BCUT2D eigenvalue weighted by Crippen LogP contribution is 1.75. The van der Waals surface area contributed by atoms with E-state index in [1.807, 2.05) is 0 Å². The minimum absolute atomic E-state index is 0.0281. The van der Waals surface area contributed by atoms with Gasteiger partial charge in [0, 0.05) is 14.2 Å². The van der Waals surface area contributed by atoms with Crippen LogP contribution in [0, 0.1) is 0 Å². The smallest absolute Gasteiger partial charge is 0.260 e. The molecule has 15 heavy (non-hydrogen) atoms. The van der Waals surface area contributed by atoms with Gasteiger partial charge in [-0.2, -0.15) is 0 Å². The van der Waals surface area contributed by atoms with E-state index >= 15 is 0 Å². The second kappa shape index (κ2) is 9.38. The standard InChI is InChI=1S/C8H17N3O4/c1-9-7(12)5-10-11-8(13)6-15-4-3-14-2/h10H,3-6H2,1-2H3,(H,9,12)(H,11,13). The van der Waals surface area contributed by atoms with E-state index in [4.69, 9.17) is 9.47 Å². The predicted octanol–water partition coefficient (Wildman–Crippen LogP) is -1.98. The van der Waals surface area contributed by atoms with Gasteiger partial charge in [-0.3, -0.25) is 15.0 Å². The van der Waals surface area contributed by atoms with Gasteiger partial charge in [0.15, 0.2) is 0 Å². The summed E-state index contributed by atoms with van der Waals surface area (Å²) in [5, 5.41) is 2.40. The fourth-order valence-corrected chi connectivity index (χ4v) is 0.655. The molecule has 7 heteroatoms. The molecule has 0 unspecified atom stereocenters. The quantitative estimate of drug-likeness (QED) is 0.325. The van der Waals surface area contributed by atoms with Crippen molar-refractivity contribution in [3.8, 4) is 0 Å². The maximum atomic E-state index is 11.0. The molecule has 0 fully saturated rings. The first kappa shape index (κ1) is 13.8. The van der Waals surface area contributed by atoms with Gasteiger partial charge in [0.1, 0.15) is 6.61 Å². The molecule has 0 spiro atoms. The molecule has 0 bridgehead atoms. The molecule has 0 atom stereocenters. The van der Waals surface area contributed by atoms with E-state index in [0.717, 1.165) is 0 Å². The van der Waals surface area contributed by atoms with E-state index in [-0.39, 0.29) is 25.0 Å². The van der Waals surface area contributed by atoms with Crippen LogP contribution < -0.4 is 16.2 Å². The van der Waals surface area contributed by atoms with Crippen LogP contribution in [0.5, 0.6) is 0 Å². The molecule has 2 amide bonds. The largest absolute Gasteiger partial charge is 0.382 e. The third-order valence-electron chi connectivity index (χ3n) is 1.42. The molecule has 0 aliphatic carbocycles. The van der Waals surface area contributed by atoms with Crippen LogP contribution in [0.15, 0.2) is 0 Å². The fourth-order valence-electron chi connectivity index (χ4n) is 0.655. The molecule has 0 aromatic rings. The molecule has 7 nitrogen and oxygen atoms in total. The summed E-state index contributed by atoms with van der Waals surface area (Å²) in [6.45, 7) is 0.767. The van der Waals surface area contributed by atoms with Gasteiger partial charge in [0.2, 0.25) is 5.91 Å². The number of ether oxygens (including phenoxy) is 2. The van der Waals surface area contributed by atoms with Crippen molar-refractivity contribution < 1.29 is 19.1 Å². The Hall–Kier alpha value is -1.18. The van der Waals surface area contributed by atoms with Crippen LogP contribution in [0.3, 0.4) is 0 Å². The van der Waals surface area contributed by atoms with Crippen LogP contribution in [0.2, 0.25) is 0 Å². The number of rotatable bonds is 8. The molecular formula is C8H17N3O4. The van der Waals surface area contributed by atoms with Gasteiger partial charge < -0.3 is 14.8 Å². The van der Waals surface area contributed by atoms with Gasteiger partial charge in [-0.15, -0.1) is 0 Å². The van der Waals surface area contributed by atoms with E-state index in [1.165, 1.54) is 7.05 Å². The van der Waals surface area contributed by atoms with Crippen LogP contribution in [-0.2, 0) is 19.1 Å². The van der Waals surface area contributed by atoms with Crippen molar-refractivity contribution in [3.05, 3.63) is 0 Å². The number of hydrogen-bond acceptors (Lipinski definition) is 5. The van der Waals surface area contributed by atoms with E-state index in [9.17, 15) is 9.59 Å². The predicted molar refractivity (Wildman–Crippen MR) is 52.9 cm³/mol. The molecule has 0 aliphatic heterocycles. The normalized spacial score (nSPS) is 9.73. The number of hydrogen-bond donors (Lipinski definition) is 3. The molecule has 0 aliphatic rings. The van der Waals surface area contributed by atoms with Crippen molar-refractivity contribution in [1.29, 1.82) is 0 Å². The summed E-state index contributed by atoms with van der Waals surface area (Å²) in [7, 11) is 3.06. The van der Waals surface area contributed by atoms with Crippen molar-refractivity contribution >= 4 is 11.8 Å². The van der Waals surface area contributed by atoms with Crippen LogP contribution in [-0.4, -0.2) is 52.3 Å². The van der Waals surface area contributed by atoms with Crippen molar-refractivity contribution in [2.75, 3.05) is 40.5 Å². The molecule has 0 saturated carbocycles. The average Bonchev–Trinajstić information content (AvgIpc) is 2.24. The zero-order valence-electron chi connectivity index (χ0n) is 8.96. The Morgan fingerprint density at radius 3 is 2.53 bits per heavy atom. The average molecular weight is 219 g/mol. The summed E-state index contributed by atoms with van der Waals surface area (Å²) in [4.78, 5) is 21.7. The lowest BCUT2D eigenvalue weighted by Crippen LogP contribution is -2.44. The molecule has 88 valence electrons. The van der Waals surface area contributed by atoms with Crippen LogP contribution in [0.1, 0.15) is 0 Å². The Labute approximate surface area is 88.5 Å². The molecule has 0 aromatic heterocycles. The van der Waals surface area contributed by atoms with Crippen molar-refractivity contribution in [2.24, 2.45) is 0 Å². The Kier molecular flexibility index (Phi) is 8.64. The fraction of sp³-hybridized carbons (Fsp3) is 0.750. The highest BCUT2D eigenvalue weighted by Gasteiger charge is 2.01. The van der Waals surface area contributed by atoms with E-state index in [1.54, 1.807) is 7.11 Å². The van der Waals surface area contributed by atoms with Crippen LogP contribution in [0.4, 0.5) is 0 Å². The monoisotopic (exact) mass is 219 g/mol. The van der Waals surface area contributed by atoms with Crippen LogP contribution in [0.25, 0.3) is 0 Å². The first-order chi connectivity index (χ1) is 7.20. The van der Waals surface area contributed by atoms with Gasteiger partial charge in [-0.1, -0.05) is 0 Å². The minimum Gasteiger partial charge on any atom is -0.382 e. The van der Waals surface area contributed by atoms with Gasteiger partial charge in [0.25, 0.3) is 5.91 Å². The highest BCUT2D eigenvalue weighted by molar-refractivity contribution is 5.79. The molecular weight excluding hydrogens is 202 g/mol. The summed E-state index contributed by atoms with van der Waals surface area (Å²) >= 11 is 0. The van der Waals surface area contributed by atoms with Crippen molar-refractivity contribution in [3.63, 3.8) is 0 Å². The summed E-state index contributed by atoms with van der Waals surface area (Å²) in [6.07, 6.45) is 0. The SMILES string of the molecule is CNC(=O)CNNC(=O)COCCOC. The van der Waals surface area contributed by atoms with E-state index in [0.29, 0.717) is 13.2 Å². The van der Waals surface area contributed by atoms with Gasteiger partial charge in [-0.05, 0) is 0 Å². The first-order valence-electron chi connectivity index (χ1n) is 4.49. The Morgan fingerprint density at radius 1 is 1.20 bits per heavy atom. The molecule has 0 radical (unpaired) electrons. The number of carbonyl (C=O) groups excluding carboxylic acids is 2. The molecule has 0 heterocycles. The molecule has 0 aromatic carbocycles. The Bertz CT molecular complexity index is 198. The summed E-state index contributed by atoms with van der Waals surface area (Å²) in [5.74, 6) is -0.550. The van der Waals surface area contributed by atoms with Gasteiger partial charge >= 0.3 is 0 Å². The molecule has 3 N–H and O–H groups in total. The third-order valence-corrected chi connectivity index (χ3v) is 1.42. The Morgan fingerprint density at radius 2 is 1.93 bits per heavy atom. The third kappa shape index (κ3) is 9.13. The number of nitrogens with one attached hydrogen (secondary N) is 3. The topological polar surface area (TPSA) is 88.7 Å². The van der Waals surface area contributed by atoms with Gasteiger partial charge in [-0.25, -0.2) is 5.43 Å². The Balaban J connectivity index is 3.29.